The van der Waals surface area contributed by atoms with Crippen LogP contribution in [0.25, 0.3) is 0 Å². The van der Waals surface area contributed by atoms with E-state index < -0.39 is 29.6 Å². The lowest BCUT2D eigenvalue weighted by atomic mass is 9.85. The van der Waals surface area contributed by atoms with Gasteiger partial charge in [-0.05, 0) is 6.92 Å². The highest BCUT2D eigenvalue weighted by Crippen LogP contribution is 2.43. The Labute approximate surface area is 121 Å². The summed E-state index contributed by atoms with van der Waals surface area (Å²) in [5.74, 6) is -2.47. The van der Waals surface area contributed by atoms with Crippen molar-refractivity contribution in [3.63, 3.8) is 0 Å². The molecule has 0 radical (unpaired) electrons. The van der Waals surface area contributed by atoms with Crippen molar-refractivity contribution >= 4 is 11.9 Å². The first-order valence-corrected chi connectivity index (χ1v) is 6.81. The quantitative estimate of drug-likeness (QED) is 0.249. The highest BCUT2D eigenvalue weighted by atomic mass is 16.6. The summed E-state index contributed by atoms with van der Waals surface area (Å²) in [5.41, 5.74) is -1.53. The number of hydrogen-bond acceptors (Lipinski definition) is 6. The number of guanidine groups is 2. The van der Waals surface area contributed by atoms with Gasteiger partial charge in [-0.25, -0.2) is 0 Å². The van der Waals surface area contributed by atoms with Gasteiger partial charge in [-0.3, -0.25) is 10.8 Å². The van der Waals surface area contributed by atoms with Gasteiger partial charge in [0.05, 0.1) is 25.2 Å². The molecule has 3 saturated heterocycles. The normalized spacial score (nSPS) is 40.2. The molecular formula is C11H20N6O4. The molecule has 1 spiro atoms. The Morgan fingerprint density at radius 2 is 2.10 bits per heavy atom. The first-order valence-electron chi connectivity index (χ1n) is 6.81. The summed E-state index contributed by atoms with van der Waals surface area (Å²) in [6.45, 7) is 1.80. The number of ether oxygens (including phenoxy) is 1. The van der Waals surface area contributed by atoms with Gasteiger partial charge in [0.25, 0.3) is 0 Å². The van der Waals surface area contributed by atoms with Crippen molar-refractivity contribution in [2.75, 3.05) is 19.8 Å². The van der Waals surface area contributed by atoms with Crippen LogP contribution < -0.4 is 16.0 Å². The Kier molecular flexibility index (Phi) is 3.03. The molecule has 3 fully saturated rings. The van der Waals surface area contributed by atoms with Gasteiger partial charge in [0.1, 0.15) is 6.10 Å². The summed E-state index contributed by atoms with van der Waals surface area (Å²) in [4.78, 5) is 1.43. The minimum absolute atomic E-state index is 0.0519. The van der Waals surface area contributed by atoms with E-state index in [1.165, 1.54) is 4.90 Å². The molecule has 3 rings (SSSR count). The zero-order chi connectivity index (χ0) is 15.4. The summed E-state index contributed by atoms with van der Waals surface area (Å²) >= 11 is 0. The number of nitrogens with zero attached hydrogens (tertiary/aromatic N) is 1. The van der Waals surface area contributed by atoms with Crippen LogP contribution in [0.2, 0.25) is 0 Å². The van der Waals surface area contributed by atoms with E-state index in [1.807, 2.05) is 0 Å². The van der Waals surface area contributed by atoms with Crippen LogP contribution in [0.5, 0.6) is 0 Å². The average molecular weight is 300 g/mol. The third-order valence-electron chi connectivity index (χ3n) is 4.41. The van der Waals surface area contributed by atoms with Crippen LogP contribution in [0.3, 0.4) is 0 Å². The fraction of sp³-hybridized carbons (Fsp3) is 0.818. The Morgan fingerprint density at radius 3 is 2.71 bits per heavy atom. The Morgan fingerprint density at radius 1 is 1.38 bits per heavy atom. The topological polar surface area (TPSA) is 157 Å². The van der Waals surface area contributed by atoms with Crippen molar-refractivity contribution in [3.8, 4) is 0 Å². The van der Waals surface area contributed by atoms with Gasteiger partial charge in [0, 0.05) is 6.61 Å². The van der Waals surface area contributed by atoms with Gasteiger partial charge in [-0.15, -0.1) is 0 Å². The molecule has 21 heavy (non-hydrogen) atoms. The van der Waals surface area contributed by atoms with E-state index in [2.05, 4.69) is 16.0 Å². The molecule has 10 nitrogen and oxygen atoms in total. The lowest BCUT2D eigenvalue weighted by Gasteiger charge is -2.50. The fourth-order valence-electron chi connectivity index (χ4n) is 3.52. The molecule has 3 aliphatic heterocycles. The molecule has 0 aromatic carbocycles. The monoisotopic (exact) mass is 300 g/mol. The van der Waals surface area contributed by atoms with Gasteiger partial charge in [-0.2, -0.15) is 0 Å². The summed E-state index contributed by atoms with van der Waals surface area (Å²) in [7, 11) is 0. The molecule has 10 heteroatoms. The van der Waals surface area contributed by atoms with Gasteiger partial charge in [0.15, 0.2) is 17.6 Å². The van der Waals surface area contributed by atoms with E-state index in [4.69, 9.17) is 15.6 Å². The second-order valence-corrected chi connectivity index (χ2v) is 5.45. The lowest BCUT2D eigenvalue weighted by Crippen LogP contribution is -2.80. The zero-order valence-corrected chi connectivity index (χ0v) is 11.6. The van der Waals surface area contributed by atoms with E-state index >= 15 is 0 Å². The Balaban J connectivity index is 2.09. The van der Waals surface area contributed by atoms with Crippen molar-refractivity contribution in [2.45, 2.75) is 36.6 Å². The second-order valence-electron chi connectivity index (χ2n) is 5.45. The molecule has 1 unspecified atom stereocenters. The molecule has 0 bridgehead atoms. The van der Waals surface area contributed by atoms with Crippen molar-refractivity contribution in [1.82, 2.24) is 20.9 Å². The van der Waals surface area contributed by atoms with E-state index in [9.17, 15) is 15.3 Å². The number of hydrogen-bond donors (Lipinski definition) is 8. The van der Waals surface area contributed by atoms with E-state index in [1.54, 1.807) is 6.92 Å². The minimum Gasteiger partial charge on any atom is -0.394 e. The molecule has 3 heterocycles. The highest BCUT2D eigenvalue weighted by molar-refractivity contribution is 5.87. The SMILES string of the molecule is CCO[C@H]1CN2C(=N)N[C@@H](CO)[C@@H]3NC(=N)NC32C1(O)O. The maximum absolute atomic E-state index is 10.7. The smallest absolute Gasteiger partial charge is 0.237 e. The van der Waals surface area contributed by atoms with E-state index in [-0.39, 0.29) is 31.7 Å². The first-order chi connectivity index (χ1) is 9.88. The van der Waals surface area contributed by atoms with Crippen LogP contribution in [-0.4, -0.2) is 81.5 Å². The summed E-state index contributed by atoms with van der Waals surface area (Å²) < 4.78 is 5.40. The first kappa shape index (κ1) is 14.3. The maximum atomic E-state index is 10.7. The molecule has 118 valence electrons. The fourth-order valence-corrected chi connectivity index (χ4v) is 3.52. The van der Waals surface area contributed by atoms with Crippen molar-refractivity contribution in [1.29, 1.82) is 10.8 Å². The molecule has 0 amide bonds. The molecule has 3 aliphatic rings. The average Bonchev–Trinajstić information content (AvgIpc) is 2.88. The van der Waals surface area contributed by atoms with E-state index in [0.29, 0.717) is 0 Å². The number of rotatable bonds is 3. The third-order valence-corrected chi connectivity index (χ3v) is 4.41. The van der Waals surface area contributed by atoms with Crippen LogP contribution in [0.15, 0.2) is 0 Å². The zero-order valence-electron chi connectivity index (χ0n) is 11.6. The molecule has 0 aliphatic carbocycles. The Hall–Kier alpha value is -1.62. The minimum atomic E-state index is -2.33. The predicted molar refractivity (Wildman–Crippen MR) is 71.5 cm³/mol. The van der Waals surface area contributed by atoms with Crippen LogP contribution in [-0.2, 0) is 4.74 Å². The van der Waals surface area contributed by atoms with Crippen LogP contribution >= 0.6 is 0 Å². The van der Waals surface area contributed by atoms with Crippen LogP contribution in [0.4, 0.5) is 0 Å². The van der Waals surface area contributed by atoms with Crippen molar-refractivity contribution < 1.29 is 20.1 Å². The largest absolute Gasteiger partial charge is 0.394 e. The lowest BCUT2D eigenvalue weighted by molar-refractivity contribution is -0.266. The highest BCUT2D eigenvalue weighted by Gasteiger charge is 2.74. The molecular weight excluding hydrogens is 280 g/mol. The summed E-state index contributed by atoms with van der Waals surface area (Å²) in [5, 5.41) is 55.0. The van der Waals surface area contributed by atoms with E-state index in [0.717, 1.165) is 0 Å². The van der Waals surface area contributed by atoms with Crippen LogP contribution in [0.1, 0.15) is 6.92 Å². The predicted octanol–water partition coefficient (Wildman–Crippen LogP) is -3.52. The summed E-state index contributed by atoms with van der Waals surface area (Å²) in [6, 6.07) is -1.34. The van der Waals surface area contributed by atoms with Gasteiger partial charge in [0.2, 0.25) is 5.79 Å². The third kappa shape index (κ3) is 1.61. The van der Waals surface area contributed by atoms with Gasteiger partial charge in [-0.1, -0.05) is 0 Å². The number of aliphatic hydroxyl groups excluding tert-OH is 1. The molecule has 8 N–H and O–H groups in total. The van der Waals surface area contributed by atoms with Crippen molar-refractivity contribution in [2.24, 2.45) is 0 Å². The van der Waals surface area contributed by atoms with Gasteiger partial charge < -0.3 is 40.9 Å². The molecule has 0 saturated carbocycles. The van der Waals surface area contributed by atoms with Gasteiger partial charge >= 0.3 is 0 Å². The maximum Gasteiger partial charge on any atom is 0.237 e. The second kappa shape index (κ2) is 4.44. The standard InChI is InChI=1S/C11H20N6O4/c1-2-21-6-3-17-9(13)14-5(4-18)7-10(17,11(6,19)20)16-8(12)15-7/h5-7,18-20H,2-4H2,1H3,(H2,13,14)(H3,12,15,16)/t5-,6-,7-,10?/m0/s1. The molecule has 4 atom stereocenters. The summed E-state index contributed by atoms with van der Waals surface area (Å²) in [6.07, 6.45) is -0.940. The number of aliphatic hydroxyl groups is 3. The molecule has 0 aromatic heterocycles. The Bertz CT molecular complexity index is 485. The van der Waals surface area contributed by atoms with Crippen LogP contribution in [0, 0.1) is 10.8 Å². The molecule has 0 aromatic rings. The van der Waals surface area contributed by atoms with Crippen molar-refractivity contribution in [3.05, 3.63) is 0 Å². The number of nitrogens with one attached hydrogen (secondary N) is 5.